The second-order valence-corrected chi connectivity index (χ2v) is 6.24. The average Bonchev–Trinajstić information content (AvgIpc) is 2.65. The molecule has 1 aromatic carbocycles. The number of allylic oxidation sites excluding steroid dienone is 2. The summed E-state index contributed by atoms with van der Waals surface area (Å²) in [7, 11) is 0. The molecule has 0 amide bonds. The standard InChI is InChI=1S/C20H24ClNO6/c1-5-15-18(28-20(24)26-7-3)16(13-10-8-9-11-14(13)21)17(12(4)22-15)27-19(23)25-6-2/h8-11,16,22H,5-7H2,1-4H3. The first-order valence-electron chi connectivity index (χ1n) is 9.07. The van der Waals surface area contributed by atoms with Crippen molar-refractivity contribution in [3.63, 3.8) is 0 Å². The van der Waals surface area contributed by atoms with Crippen molar-refractivity contribution in [1.29, 1.82) is 0 Å². The average molecular weight is 410 g/mol. The summed E-state index contributed by atoms with van der Waals surface area (Å²) in [5.74, 6) is -0.222. The Bertz CT molecular complexity index is 802. The lowest BCUT2D eigenvalue weighted by atomic mass is 9.90. The third-order valence-electron chi connectivity index (χ3n) is 4.01. The first kappa shape index (κ1) is 21.6. The summed E-state index contributed by atoms with van der Waals surface area (Å²) in [6, 6.07) is 7.08. The molecular formula is C20H24ClNO6. The molecule has 0 bridgehead atoms. The summed E-state index contributed by atoms with van der Waals surface area (Å²) in [5, 5.41) is 3.57. The largest absolute Gasteiger partial charge is 0.513 e. The number of benzene rings is 1. The summed E-state index contributed by atoms with van der Waals surface area (Å²) < 4.78 is 20.8. The minimum absolute atomic E-state index is 0.164. The van der Waals surface area contributed by atoms with Crippen LogP contribution in [0.5, 0.6) is 0 Å². The van der Waals surface area contributed by atoms with E-state index in [1.807, 2.05) is 6.92 Å². The van der Waals surface area contributed by atoms with Crippen molar-refractivity contribution >= 4 is 23.9 Å². The number of carbonyl (C=O) groups is 2. The van der Waals surface area contributed by atoms with Gasteiger partial charge in [-0.15, -0.1) is 0 Å². The number of ether oxygens (including phenoxy) is 4. The molecule has 0 saturated heterocycles. The summed E-state index contributed by atoms with van der Waals surface area (Å²) in [5.41, 5.74) is 1.87. The molecule has 0 spiro atoms. The van der Waals surface area contributed by atoms with Crippen LogP contribution in [-0.4, -0.2) is 25.5 Å². The highest BCUT2D eigenvalue weighted by atomic mass is 35.5. The molecule has 1 N–H and O–H groups in total. The van der Waals surface area contributed by atoms with Crippen LogP contribution in [-0.2, 0) is 18.9 Å². The molecule has 2 rings (SSSR count). The number of rotatable bonds is 6. The van der Waals surface area contributed by atoms with E-state index in [1.54, 1.807) is 45.0 Å². The van der Waals surface area contributed by atoms with Gasteiger partial charge in [-0.1, -0.05) is 36.7 Å². The SMILES string of the molecule is CCOC(=O)OC1=C(C)NC(CC)=C(OC(=O)OCC)C1c1ccccc1Cl. The molecule has 0 radical (unpaired) electrons. The number of halogens is 1. The second kappa shape index (κ2) is 10.0. The normalized spacial score (nSPS) is 16.4. The Morgan fingerprint density at radius 3 is 2.11 bits per heavy atom. The molecule has 1 heterocycles. The van der Waals surface area contributed by atoms with E-state index >= 15 is 0 Å². The Hall–Kier alpha value is -2.67. The number of dihydropyridines is 1. The third kappa shape index (κ3) is 4.98. The molecule has 1 aliphatic rings. The zero-order valence-corrected chi connectivity index (χ0v) is 17.1. The van der Waals surface area contributed by atoms with Crippen molar-refractivity contribution in [1.82, 2.24) is 5.32 Å². The second-order valence-electron chi connectivity index (χ2n) is 5.84. The van der Waals surface area contributed by atoms with E-state index in [0.717, 1.165) is 0 Å². The van der Waals surface area contributed by atoms with Gasteiger partial charge < -0.3 is 24.3 Å². The molecule has 1 atom stereocenters. The van der Waals surface area contributed by atoms with E-state index in [9.17, 15) is 9.59 Å². The van der Waals surface area contributed by atoms with Crippen LogP contribution in [0.1, 0.15) is 45.6 Å². The van der Waals surface area contributed by atoms with Crippen molar-refractivity contribution in [3.8, 4) is 0 Å². The highest BCUT2D eigenvalue weighted by Crippen LogP contribution is 2.42. The Balaban J connectivity index is 2.56. The smallest absolute Gasteiger partial charge is 0.434 e. The fourth-order valence-electron chi connectivity index (χ4n) is 2.84. The van der Waals surface area contributed by atoms with Gasteiger partial charge in [-0.3, -0.25) is 0 Å². The van der Waals surface area contributed by atoms with Crippen molar-refractivity contribution in [3.05, 3.63) is 57.8 Å². The molecule has 8 heteroatoms. The van der Waals surface area contributed by atoms with Gasteiger partial charge in [-0.05, 0) is 38.8 Å². The molecule has 1 unspecified atom stereocenters. The van der Waals surface area contributed by atoms with Crippen LogP contribution in [0.4, 0.5) is 9.59 Å². The van der Waals surface area contributed by atoms with E-state index in [4.69, 9.17) is 30.5 Å². The Labute approximate surface area is 169 Å². The number of hydrogen-bond acceptors (Lipinski definition) is 7. The number of carbonyl (C=O) groups excluding carboxylic acids is 2. The lowest BCUT2D eigenvalue weighted by Gasteiger charge is -2.31. The molecule has 152 valence electrons. The van der Waals surface area contributed by atoms with E-state index < -0.39 is 18.2 Å². The number of hydrogen-bond donors (Lipinski definition) is 1. The maximum absolute atomic E-state index is 12.1. The monoisotopic (exact) mass is 409 g/mol. The topological polar surface area (TPSA) is 83.1 Å². The highest BCUT2D eigenvalue weighted by Gasteiger charge is 2.37. The molecule has 0 saturated carbocycles. The van der Waals surface area contributed by atoms with Crippen LogP contribution >= 0.6 is 11.6 Å². The molecule has 0 fully saturated rings. The molecule has 7 nitrogen and oxygen atoms in total. The van der Waals surface area contributed by atoms with Crippen LogP contribution in [0, 0.1) is 0 Å². The van der Waals surface area contributed by atoms with Gasteiger partial charge in [0.15, 0.2) is 0 Å². The highest BCUT2D eigenvalue weighted by molar-refractivity contribution is 6.31. The van der Waals surface area contributed by atoms with Gasteiger partial charge in [0.2, 0.25) is 0 Å². The van der Waals surface area contributed by atoms with Gasteiger partial charge in [0.1, 0.15) is 17.4 Å². The van der Waals surface area contributed by atoms with Gasteiger partial charge in [-0.25, -0.2) is 9.59 Å². The lowest BCUT2D eigenvalue weighted by Crippen LogP contribution is -2.30. The minimum Gasteiger partial charge on any atom is -0.434 e. The zero-order chi connectivity index (χ0) is 20.7. The van der Waals surface area contributed by atoms with Crippen LogP contribution in [0.2, 0.25) is 5.02 Å². The van der Waals surface area contributed by atoms with E-state index in [1.165, 1.54) is 0 Å². The van der Waals surface area contributed by atoms with Gasteiger partial charge >= 0.3 is 12.3 Å². The fraction of sp³-hybridized carbons (Fsp3) is 0.400. The van der Waals surface area contributed by atoms with Crippen molar-refractivity contribution in [2.75, 3.05) is 13.2 Å². The quantitative estimate of drug-likeness (QED) is 0.644. The van der Waals surface area contributed by atoms with Gasteiger partial charge in [0.05, 0.1) is 24.6 Å². The predicted molar refractivity (Wildman–Crippen MR) is 104 cm³/mol. The van der Waals surface area contributed by atoms with Gasteiger partial charge in [0.25, 0.3) is 0 Å². The molecule has 1 aromatic rings. The lowest BCUT2D eigenvalue weighted by molar-refractivity contribution is 0.0646. The van der Waals surface area contributed by atoms with Crippen molar-refractivity contribution in [2.45, 2.75) is 40.0 Å². The first-order valence-corrected chi connectivity index (χ1v) is 9.45. The molecule has 0 aromatic heterocycles. The Morgan fingerprint density at radius 2 is 1.57 bits per heavy atom. The molecule has 28 heavy (non-hydrogen) atoms. The fourth-order valence-corrected chi connectivity index (χ4v) is 3.09. The van der Waals surface area contributed by atoms with Crippen molar-refractivity contribution in [2.24, 2.45) is 0 Å². The van der Waals surface area contributed by atoms with E-state index in [0.29, 0.717) is 28.4 Å². The summed E-state index contributed by atoms with van der Waals surface area (Å²) >= 11 is 6.41. The molecule has 0 aliphatic carbocycles. The van der Waals surface area contributed by atoms with E-state index in [2.05, 4.69) is 5.32 Å². The van der Waals surface area contributed by atoms with Crippen LogP contribution < -0.4 is 5.32 Å². The Morgan fingerprint density at radius 1 is 1.00 bits per heavy atom. The third-order valence-corrected chi connectivity index (χ3v) is 4.35. The van der Waals surface area contributed by atoms with Gasteiger partial charge in [0, 0.05) is 5.02 Å². The molecular weight excluding hydrogens is 386 g/mol. The van der Waals surface area contributed by atoms with Crippen molar-refractivity contribution < 1.29 is 28.5 Å². The Kier molecular flexibility index (Phi) is 7.75. The predicted octanol–water partition coefficient (Wildman–Crippen LogP) is 5.23. The maximum atomic E-state index is 12.1. The van der Waals surface area contributed by atoms with Gasteiger partial charge in [-0.2, -0.15) is 0 Å². The van der Waals surface area contributed by atoms with Crippen LogP contribution in [0.3, 0.4) is 0 Å². The zero-order valence-electron chi connectivity index (χ0n) is 16.3. The maximum Gasteiger partial charge on any atom is 0.513 e. The first-order chi connectivity index (χ1) is 13.4. The van der Waals surface area contributed by atoms with Crippen LogP contribution in [0.25, 0.3) is 0 Å². The van der Waals surface area contributed by atoms with Crippen LogP contribution in [0.15, 0.2) is 47.2 Å². The summed E-state index contributed by atoms with van der Waals surface area (Å²) in [6.07, 6.45) is -1.16. The molecule has 1 aliphatic heterocycles. The summed E-state index contributed by atoms with van der Waals surface area (Å²) in [4.78, 5) is 24.1. The van der Waals surface area contributed by atoms with E-state index in [-0.39, 0.29) is 24.7 Å². The minimum atomic E-state index is -0.855. The number of nitrogens with one attached hydrogen (secondary N) is 1. The summed E-state index contributed by atoms with van der Waals surface area (Å²) in [6.45, 7) is 7.36.